The Kier molecular flexibility index (Phi) is 5.51. The van der Waals surface area contributed by atoms with E-state index < -0.39 is 5.97 Å². The van der Waals surface area contributed by atoms with Gasteiger partial charge in [-0.15, -0.1) is 11.3 Å². The number of carbonyl (C=O) groups is 1. The highest BCUT2D eigenvalue weighted by molar-refractivity contribution is 7.17. The molecule has 4 heteroatoms. The van der Waals surface area contributed by atoms with Crippen LogP contribution in [0.2, 0.25) is 0 Å². The normalized spacial score (nSPS) is 17.2. The number of likely N-dealkylation sites (tertiary alicyclic amines) is 1. The third kappa shape index (κ3) is 3.71. The van der Waals surface area contributed by atoms with E-state index in [4.69, 9.17) is 0 Å². The molecule has 1 atom stereocenters. The minimum absolute atomic E-state index is 0.173. The number of thiophene rings is 1. The highest BCUT2D eigenvalue weighted by Gasteiger charge is 2.31. The van der Waals surface area contributed by atoms with Crippen LogP contribution in [0.25, 0.3) is 10.1 Å². The summed E-state index contributed by atoms with van der Waals surface area (Å²) in [6.45, 7) is 6.07. The predicted molar refractivity (Wildman–Crippen MR) is 116 cm³/mol. The maximum atomic E-state index is 11.4. The third-order valence-corrected chi connectivity index (χ3v) is 6.95. The lowest BCUT2D eigenvalue weighted by Gasteiger charge is -2.37. The average Bonchev–Trinajstić information content (AvgIpc) is 3.13. The molecular weight excluding hydrogens is 366 g/mol. The first-order chi connectivity index (χ1) is 13.5. The van der Waals surface area contributed by atoms with Gasteiger partial charge in [-0.25, -0.2) is 0 Å². The largest absolute Gasteiger partial charge is 0.481 e. The highest BCUT2D eigenvalue weighted by Crippen LogP contribution is 2.39. The number of rotatable bonds is 5. The standard InChI is InChI=1S/C24H27NO2S/c1-16(2)17-7-9-18(10-8-17)23(25-13-11-19(12-14-25)24(26)27)21-15-28-22-6-4-3-5-20(21)22/h3-10,15-16,19,23H,11-14H2,1-2H3,(H,26,27). The second kappa shape index (κ2) is 8.06. The van der Waals surface area contributed by atoms with Gasteiger partial charge in [0, 0.05) is 4.70 Å². The number of nitrogens with zero attached hydrogens (tertiary/aromatic N) is 1. The lowest BCUT2D eigenvalue weighted by Crippen LogP contribution is -2.39. The Morgan fingerprint density at radius 2 is 1.68 bits per heavy atom. The molecular formula is C24H27NO2S. The van der Waals surface area contributed by atoms with Crippen molar-refractivity contribution < 1.29 is 9.90 Å². The van der Waals surface area contributed by atoms with Gasteiger partial charge in [0.15, 0.2) is 0 Å². The summed E-state index contributed by atoms with van der Waals surface area (Å²) in [5, 5.41) is 13.0. The summed E-state index contributed by atoms with van der Waals surface area (Å²) >= 11 is 1.79. The Morgan fingerprint density at radius 3 is 2.32 bits per heavy atom. The van der Waals surface area contributed by atoms with E-state index in [9.17, 15) is 9.90 Å². The van der Waals surface area contributed by atoms with Crippen LogP contribution in [0, 0.1) is 5.92 Å². The van der Waals surface area contributed by atoms with Crippen LogP contribution in [-0.2, 0) is 4.79 Å². The molecule has 1 N–H and O–H groups in total. The average molecular weight is 394 g/mol. The molecule has 0 aliphatic carbocycles. The summed E-state index contributed by atoms with van der Waals surface area (Å²) < 4.78 is 1.31. The van der Waals surface area contributed by atoms with Crippen LogP contribution in [0.1, 0.15) is 55.3 Å². The fourth-order valence-corrected chi connectivity index (χ4v) is 5.24. The van der Waals surface area contributed by atoms with Gasteiger partial charge in [-0.1, -0.05) is 56.3 Å². The first-order valence-electron chi connectivity index (χ1n) is 10.1. The molecule has 1 fully saturated rings. The van der Waals surface area contributed by atoms with E-state index in [1.54, 1.807) is 11.3 Å². The molecule has 2 aromatic carbocycles. The molecule has 4 rings (SSSR count). The Morgan fingerprint density at radius 1 is 1.04 bits per heavy atom. The summed E-state index contributed by atoms with van der Waals surface area (Å²) in [5.74, 6) is -0.348. The van der Waals surface area contributed by atoms with Crippen molar-refractivity contribution in [1.82, 2.24) is 4.90 Å². The van der Waals surface area contributed by atoms with Crippen LogP contribution < -0.4 is 0 Å². The molecule has 2 heterocycles. The van der Waals surface area contributed by atoms with Crippen molar-refractivity contribution in [2.45, 2.75) is 38.6 Å². The lowest BCUT2D eigenvalue weighted by molar-refractivity contribution is -0.143. The molecule has 0 bridgehead atoms. The summed E-state index contributed by atoms with van der Waals surface area (Å²) in [4.78, 5) is 13.9. The maximum Gasteiger partial charge on any atom is 0.306 e. The zero-order valence-corrected chi connectivity index (χ0v) is 17.3. The monoisotopic (exact) mass is 393 g/mol. The molecule has 1 saturated heterocycles. The molecule has 0 amide bonds. The minimum atomic E-state index is -0.654. The Hall–Kier alpha value is -2.17. The maximum absolute atomic E-state index is 11.4. The number of carboxylic acids is 1. The van der Waals surface area contributed by atoms with Crippen LogP contribution in [0.3, 0.4) is 0 Å². The molecule has 0 saturated carbocycles. The summed E-state index contributed by atoms with van der Waals surface area (Å²) in [5.41, 5.74) is 3.98. The number of carboxylic acid groups (broad SMARTS) is 1. The van der Waals surface area contributed by atoms with Gasteiger partial charge in [0.25, 0.3) is 0 Å². The quantitative estimate of drug-likeness (QED) is 0.586. The number of hydrogen-bond acceptors (Lipinski definition) is 3. The van der Waals surface area contributed by atoms with Crippen molar-refractivity contribution in [1.29, 1.82) is 0 Å². The molecule has 3 aromatic rings. The van der Waals surface area contributed by atoms with Gasteiger partial charge in [0.05, 0.1) is 12.0 Å². The van der Waals surface area contributed by atoms with Crippen LogP contribution in [0.4, 0.5) is 0 Å². The molecule has 1 aromatic heterocycles. The number of piperidine rings is 1. The molecule has 3 nitrogen and oxygen atoms in total. The Balaban J connectivity index is 1.72. The summed E-state index contributed by atoms with van der Waals surface area (Å²) in [7, 11) is 0. The van der Waals surface area contributed by atoms with E-state index in [1.165, 1.54) is 26.8 Å². The second-order valence-electron chi connectivity index (χ2n) is 8.06. The zero-order valence-electron chi connectivity index (χ0n) is 16.5. The third-order valence-electron chi connectivity index (χ3n) is 5.97. The topological polar surface area (TPSA) is 40.5 Å². The van der Waals surface area contributed by atoms with Gasteiger partial charge in [0.2, 0.25) is 0 Å². The predicted octanol–water partition coefficient (Wildman–Crippen LogP) is 5.91. The minimum Gasteiger partial charge on any atom is -0.481 e. The van der Waals surface area contributed by atoms with Gasteiger partial charge in [-0.05, 0) is 65.4 Å². The molecule has 28 heavy (non-hydrogen) atoms. The number of hydrogen-bond donors (Lipinski definition) is 1. The van der Waals surface area contributed by atoms with Crippen LogP contribution >= 0.6 is 11.3 Å². The number of fused-ring (bicyclic) bond motifs is 1. The fraction of sp³-hybridized carbons (Fsp3) is 0.375. The first-order valence-corrected chi connectivity index (χ1v) is 11.0. The highest BCUT2D eigenvalue weighted by atomic mass is 32.1. The summed E-state index contributed by atoms with van der Waals surface area (Å²) in [6, 6.07) is 17.8. The van der Waals surface area contributed by atoms with E-state index in [0.717, 1.165) is 25.9 Å². The second-order valence-corrected chi connectivity index (χ2v) is 8.97. The fourth-order valence-electron chi connectivity index (χ4n) is 4.26. The van der Waals surface area contributed by atoms with Gasteiger partial charge in [0.1, 0.15) is 0 Å². The van der Waals surface area contributed by atoms with Crippen molar-refractivity contribution in [3.8, 4) is 0 Å². The van der Waals surface area contributed by atoms with E-state index in [-0.39, 0.29) is 12.0 Å². The molecule has 1 unspecified atom stereocenters. The van der Waals surface area contributed by atoms with Gasteiger partial charge in [-0.3, -0.25) is 9.69 Å². The Labute approximate surface area is 170 Å². The van der Waals surface area contributed by atoms with E-state index in [1.807, 2.05) is 0 Å². The van der Waals surface area contributed by atoms with Gasteiger partial charge >= 0.3 is 5.97 Å². The van der Waals surface area contributed by atoms with Crippen molar-refractivity contribution in [2.75, 3.05) is 13.1 Å². The van der Waals surface area contributed by atoms with Crippen molar-refractivity contribution in [3.05, 3.63) is 70.6 Å². The van der Waals surface area contributed by atoms with E-state index in [0.29, 0.717) is 5.92 Å². The zero-order chi connectivity index (χ0) is 19.7. The molecule has 1 aliphatic rings. The number of aliphatic carboxylic acids is 1. The van der Waals surface area contributed by atoms with E-state index >= 15 is 0 Å². The first kappa shape index (κ1) is 19.2. The van der Waals surface area contributed by atoms with Crippen LogP contribution in [0.15, 0.2) is 53.9 Å². The van der Waals surface area contributed by atoms with Crippen molar-refractivity contribution >= 4 is 27.4 Å². The molecule has 0 radical (unpaired) electrons. The van der Waals surface area contributed by atoms with Gasteiger partial charge < -0.3 is 5.11 Å². The number of benzene rings is 2. The Bertz CT molecular complexity index is 952. The van der Waals surface area contributed by atoms with Crippen molar-refractivity contribution in [2.24, 2.45) is 5.92 Å². The van der Waals surface area contributed by atoms with E-state index in [2.05, 4.69) is 72.7 Å². The lowest BCUT2D eigenvalue weighted by atomic mass is 9.90. The van der Waals surface area contributed by atoms with Crippen LogP contribution in [0.5, 0.6) is 0 Å². The summed E-state index contributed by atoms with van der Waals surface area (Å²) in [6.07, 6.45) is 1.44. The smallest absolute Gasteiger partial charge is 0.306 e. The van der Waals surface area contributed by atoms with Gasteiger partial charge in [-0.2, -0.15) is 0 Å². The molecule has 146 valence electrons. The van der Waals surface area contributed by atoms with Crippen molar-refractivity contribution in [3.63, 3.8) is 0 Å². The van der Waals surface area contributed by atoms with Crippen LogP contribution in [-0.4, -0.2) is 29.1 Å². The SMILES string of the molecule is CC(C)c1ccc(C(c2csc3ccccc23)N2CCC(C(=O)O)CC2)cc1. The molecule has 0 spiro atoms. The molecule has 1 aliphatic heterocycles.